The smallest absolute Gasteiger partial charge is 0.238 e. The summed E-state index contributed by atoms with van der Waals surface area (Å²) in [6, 6.07) is 6.08. The third-order valence-electron chi connectivity index (χ3n) is 4.07. The van der Waals surface area contributed by atoms with Crippen LogP contribution in [0.3, 0.4) is 0 Å². The highest BCUT2D eigenvalue weighted by atomic mass is 16.2. The summed E-state index contributed by atoms with van der Waals surface area (Å²) in [7, 11) is 4.15. The van der Waals surface area contributed by atoms with Gasteiger partial charge in [0.25, 0.3) is 0 Å². The average molecular weight is 290 g/mol. The molecule has 0 aromatic heterocycles. The van der Waals surface area contributed by atoms with E-state index in [9.17, 15) is 4.79 Å². The van der Waals surface area contributed by atoms with Crippen LogP contribution in [0.5, 0.6) is 0 Å². The maximum Gasteiger partial charge on any atom is 0.238 e. The fourth-order valence-corrected chi connectivity index (χ4v) is 2.89. The maximum absolute atomic E-state index is 12.3. The van der Waals surface area contributed by atoms with Crippen molar-refractivity contribution in [1.29, 1.82) is 0 Å². The molecule has 1 heterocycles. The summed E-state index contributed by atoms with van der Waals surface area (Å²) in [5.74, 6) is 0.0364. The molecule has 21 heavy (non-hydrogen) atoms. The number of hydrogen-bond donors (Lipinski definition) is 2. The first-order valence-corrected chi connectivity index (χ1v) is 7.51. The molecule has 5 heteroatoms. The number of hydrogen-bond acceptors (Lipinski definition) is 4. The van der Waals surface area contributed by atoms with E-state index in [0.29, 0.717) is 18.3 Å². The van der Waals surface area contributed by atoms with Crippen molar-refractivity contribution in [3.8, 4) is 0 Å². The first-order chi connectivity index (χ1) is 9.97. The van der Waals surface area contributed by atoms with Crippen LogP contribution >= 0.6 is 0 Å². The molecule has 0 bridgehead atoms. The zero-order valence-electron chi connectivity index (χ0n) is 13.2. The molecule has 1 fully saturated rings. The second-order valence-corrected chi connectivity index (χ2v) is 6.10. The quantitative estimate of drug-likeness (QED) is 0.808. The summed E-state index contributed by atoms with van der Waals surface area (Å²) in [6.07, 6.45) is 2.34. The highest BCUT2D eigenvalue weighted by Gasteiger charge is 2.26. The van der Waals surface area contributed by atoms with E-state index in [1.165, 1.54) is 12.8 Å². The molecule has 5 nitrogen and oxygen atoms in total. The van der Waals surface area contributed by atoms with Crippen molar-refractivity contribution in [3.63, 3.8) is 0 Å². The van der Waals surface area contributed by atoms with Gasteiger partial charge in [-0.05, 0) is 58.1 Å². The largest absolute Gasteiger partial charge is 0.398 e. The lowest BCUT2D eigenvalue weighted by Gasteiger charge is -2.26. The molecule has 1 saturated heterocycles. The van der Waals surface area contributed by atoms with E-state index < -0.39 is 0 Å². The molecule has 1 atom stereocenters. The lowest BCUT2D eigenvalue weighted by molar-refractivity contribution is -0.117. The van der Waals surface area contributed by atoms with Crippen molar-refractivity contribution in [2.45, 2.75) is 25.8 Å². The Bertz CT molecular complexity index is 501. The van der Waals surface area contributed by atoms with Crippen LogP contribution < -0.4 is 11.1 Å². The monoisotopic (exact) mass is 290 g/mol. The van der Waals surface area contributed by atoms with Gasteiger partial charge in [-0.15, -0.1) is 0 Å². The second kappa shape index (κ2) is 6.91. The predicted octanol–water partition coefficient (Wildman–Crippen LogP) is 1.54. The first-order valence-electron chi connectivity index (χ1n) is 7.51. The predicted molar refractivity (Wildman–Crippen MR) is 87.4 cm³/mol. The number of likely N-dealkylation sites (N-methyl/N-ethyl adjacent to an activating group) is 1. The van der Waals surface area contributed by atoms with Gasteiger partial charge >= 0.3 is 0 Å². The number of nitrogens with one attached hydrogen (secondary N) is 1. The minimum Gasteiger partial charge on any atom is -0.398 e. The zero-order chi connectivity index (χ0) is 15.4. The Morgan fingerprint density at radius 2 is 2.24 bits per heavy atom. The van der Waals surface area contributed by atoms with Crippen molar-refractivity contribution >= 4 is 17.3 Å². The third-order valence-corrected chi connectivity index (χ3v) is 4.07. The van der Waals surface area contributed by atoms with Crippen LogP contribution in [0.15, 0.2) is 18.2 Å². The molecule has 0 aliphatic carbocycles. The molecule has 0 saturated carbocycles. The fourth-order valence-electron chi connectivity index (χ4n) is 2.89. The number of benzene rings is 1. The molecule has 1 aliphatic rings. The van der Waals surface area contributed by atoms with Gasteiger partial charge in [0.05, 0.1) is 6.54 Å². The van der Waals surface area contributed by atoms with E-state index in [4.69, 9.17) is 5.73 Å². The summed E-state index contributed by atoms with van der Waals surface area (Å²) in [5.41, 5.74) is 8.31. The number of nitrogens with two attached hydrogens (primary N) is 1. The van der Waals surface area contributed by atoms with Crippen LogP contribution in [-0.4, -0.2) is 55.5 Å². The van der Waals surface area contributed by atoms with Crippen LogP contribution in [0, 0.1) is 6.92 Å². The summed E-state index contributed by atoms with van der Waals surface area (Å²) < 4.78 is 0. The van der Waals surface area contributed by atoms with Gasteiger partial charge in [-0.2, -0.15) is 0 Å². The van der Waals surface area contributed by atoms with Crippen molar-refractivity contribution < 1.29 is 4.79 Å². The number of nitrogens with zero attached hydrogens (tertiary/aromatic N) is 2. The Balaban J connectivity index is 1.93. The van der Waals surface area contributed by atoms with Gasteiger partial charge in [0, 0.05) is 24.0 Å². The Hall–Kier alpha value is -1.59. The van der Waals surface area contributed by atoms with Crippen LogP contribution in [0.4, 0.5) is 11.4 Å². The van der Waals surface area contributed by atoms with Crippen molar-refractivity contribution in [3.05, 3.63) is 23.8 Å². The topological polar surface area (TPSA) is 61.6 Å². The van der Waals surface area contributed by atoms with Gasteiger partial charge in [-0.3, -0.25) is 9.69 Å². The summed E-state index contributed by atoms with van der Waals surface area (Å²) in [6.45, 7) is 4.38. The Morgan fingerprint density at radius 1 is 1.48 bits per heavy atom. The van der Waals surface area contributed by atoms with Gasteiger partial charge in [0.2, 0.25) is 5.91 Å². The highest BCUT2D eigenvalue weighted by Crippen LogP contribution is 2.21. The average Bonchev–Trinajstić information content (AvgIpc) is 2.81. The molecule has 2 rings (SSSR count). The third kappa shape index (κ3) is 4.19. The van der Waals surface area contributed by atoms with Crippen molar-refractivity contribution in [2.24, 2.45) is 0 Å². The van der Waals surface area contributed by atoms with E-state index in [1.807, 2.05) is 25.1 Å². The molecule has 116 valence electrons. The Kier molecular flexibility index (Phi) is 5.20. The Morgan fingerprint density at radius 3 is 2.95 bits per heavy atom. The second-order valence-electron chi connectivity index (χ2n) is 6.10. The molecular weight excluding hydrogens is 264 g/mol. The molecule has 3 N–H and O–H groups in total. The SMILES string of the molecule is Cc1c(N)cccc1NC(=O)CN1CCCC1CN(C)C. The lowest BCUT2D eigenvalue weighted by atomic mass is 10.1. The number of rotatable bonds is 5. The van der Waals surface area contributed by atoms with E-state index in [0.717, 1.165) is 24.3 Å². The van der Waals surface area contributed by atoms with Crippen LogP contribution in [0.2, 0.25) is 0 Å². The van der Waals surface area contributed by atoms with Crippen LogP contribution in [0.25, 0.3) is 0 Å². The number of nitrogen functional groups attached to an aromatic ring is 1. The fraction of sp³-hybridized carbons (Fsp3) is 0.562. The summed E-state index contributed by atoms with van der Waals surface area (Å²) in [4.78, 5) is 16.7. The molecule has 1 amide bonds. The zero-order valence-corrected chi connectivity index (χ0v) is 13.2. The molecule has 0 radical (unpaired) electrons. The van der Waals surface area contributed by atoms with Gasteiger partial charge in [-0.25, -0.2) is 0 Å². The first kappa shape index (κ1) is 15.8. The molecule has 1 aliphatic heterocycles. The van der Waals surface area contributed by atoms with E-state index in [-0.39, 0.29) is 5.91 Å². The van der Waals surface area contributed by atoms with Crippen LogP contribution in [0.1, 0.15) is 18.4 Å². The standard InChI is InChI=1S/C16H26N4O/c1-12-14(17)7-4-8-15(12)18-16(21)11-20-9-5-6-13(20)10-19(2)3/h4,7-8,13H,5-6,9-11,17H2,1-3H3,(H,18,21). The molecule has 0 spiro atoms. The Labute approximate surface area is 127 Å². The number of carbonyl (C=O) groups excluding carboxylic acids is 1. The van der Waals surface area contributed by atoms with Crippen LogP contribution in [-0.2, 0) is 4.79 Å². The minimum absolute atomic E-state index is 0.0364. The van der Waals surface area contributed by atoms with E-state index in [2.05, 4.69) is 29.2 Å². The van der Waals surface area contributed by atoms with E-state index >= 15 is 0 Å². The molecule has 1 unspecified atom stereocenters. The van der Waals surface area contributed by atoms with Gasteiger partial charge in [0.15, 0.2) is 0 Å². The highest BCUT2D eigenvalue weighted by molar-refractivity contribution is 5.93. The normalized spacial score (nSPS) is 19.1. The van der Waals surface area contributed by atoms with Gasteiger partial charge in [0.1, 0.15) is 0 Å². The molecular formula is C16H26N4O. The van der Waals surface area contributed by atoms with Gasteiger partial charge in [-0.1, -0.05) is 6.07 Å². The summed E-state index contributed by atoms with van der Waals surface area (Å²) in [5, 5.41) is 2.98. The van der Waals surface area contributed by atoms with E-state index in [1.54, 1.807) is 0 Å². The minimum atomic E-state index is 0.0364. The molecule has 1 aromatic rings. The van der Waals surface area contributed by atoms with Crippen molar-refractivity contribution in [1.82, 2.24) is 9.80 Å². The maximum atomic E-state index is 12.3. The summed E-state index contributed by atoms with van der Waals surface area (Å²) >= 11 is 0. The number of likely N-dealkylation sites (tertiary alicyclic amines) is 1. The number of carbonyl (C=O) groups is 1. The van der Waals surface area contributed by atoms with Gasteiger partial charge < -0.3 is 16.0 Å². The number of amides is 1. The van der Waals surface area contributed by atoms with Crippen molar-refractivity contribution in [2.75, 3.05) is 44.8 Å². The molecule has 1 aromatic carbocycles. The number of anilines is 2. The lowest BCUT2D eigenvalue weighted by Crippen LogP contribution is -2.41.